The summed E-state index contributed by atoms with van der Waals surface area (Å²) in [4.78, 5) is 4.70. The van der Waals surface area contributed by atoms with Crippen LogP contribution in [0, 0.1) is 0 Å². The van der Waals surface area contributed by atoms with E-state index >= 15 is 0 Å². The number of aliphatic imine (C=N–C) groups is 1. The van der Waals surface area contributed by atoms with Crippen LogP contribution in [0.1, 0.15) is 54.8 Å². The number of guanidine groups is 1. The minimum Gasteiger partial charge on any atom is -0.372 e. The van der Waals surface area contributed by atoms with Crippen LogP contribution < -0.4 is 10.6 Å². The van der Waals surface area contributed by atoms with Gasteiger partial charge in [-0.05, 0) is 29.5 Å². The molecule has 32 heavy (non-hydrogen) atoms. The second kappa shape index (κ2) is 13.9. The van der Waals surface area contributed by atoms with Crippen LogP contribution in [0.2, 0.25) is 0 Å². The molecule has 0 unspecified atom stereocenters. The van der Waals surface area contributed by atoms with E-state index in [1.807, 2.05) is 37.3 Å². The van der Waals surface area contributed by atoms with Crippen molar-refractivity contribution in [2.45, 2.75) is 53.0 Å². The van der Waals surface area contributed by atoms with Gasteiger partial charge in [0.25, 0.3) is 0 Å². The zero-order valence-electron chi connectivity index (χ0n) is 19.0. The summed E-state index contributed by atoms with van der Waals surface area (Å²) in [6, 6.07) is 20.6. The Hall–Kier alpha value is -2.39. The molecule has 2 N–H and O–H groups in total. The van der Waals surface area contributed by atoms with Crippen molar-refractivity contribution in [2.24, 2.45) is 4.99 Å². The fourth-order valence-corrected chi connectivity index (χ4v) is 3.05. The summed E-state index contributed by atoms with van der Waals surface area (Å²) >= 11 is 0. The highest BCUT2D eigenvalue weighted by atomic mass is 127. The lowest BCUT2D eigenvalue weighted by Crippen LogP contribution is -2.36. The van der Waals surface area contributed by atoms with E-state index in [4.69, 9.17) is 14.3 Å². The van der Waals surface area contributed by atoms with Gasteiger partial charge in [0, 0.05) is 12.6 Å². The largest absolute Gasteiger partial charge is 0.372 e. The number of benzene rings is 2. The summed E-state index contributed by atoms with van der Waals surface area (Å²) in [7, 11) is 0. The number of nitrogens with zero attached hydrogens (tertiary/aromatic N) is 2. The Labute approximate surface area is 207 Å². The van der Waals surface area contributed by atoms with Gasteiger partial charge in [0.15, 0.2) is 11.7 Å². The molecule has 1 heterocycles. The van der Waals surface area contributed by atoms with E-state index in [0.29, 0.717) is 32.2 Å². The number of ether oxygens (including phenoxy) is 1. The Morgan fingerprint density at radius 3 is 2.41 bits per heavy atom. The van der Waals surface area contributed by atoms with E-state index in [9.17, 15) is 0 Å². The minimum absolute atomic E-state index is 0. The first kappa shape index (κ1) is 25.9. The zero-order valence-corrected chi connectivity index (χ0v) is 21.3. The molecule has 0 saturated carbocycles. The topological polar surface area (TPSA) is 71.7 Å². The van der Waals surface area contributed by atoms with Crippen LogP contribution >= 0.6 is 24.0 Å². The van der Waals surface area contributed by atoms with Crippen molar-refractivity contribution in [2.75, 3.05) is 6.54 Å². The average molecular weight is 548 g/mol. The molecule has 172 valence electrons. The van der Waals surface area contributed by atoms with E-state index in [1.54, 1.807) is 0 Å². The summed E-state index contributed by atoms with van der Waals surface area (Å²) in [5.41, 5.74) is 4.42. The van der Waals surface area contributed by atoms with Crippen molar-refractivity contribution in [3.63, 3.8) is 0 Å². The van der Waals surface area contributed by atoms with Crippen molar-refractivity contribution in [3.8, 4) is 0 Å². The first-order valence-electron chi connectivity index (χ1n) is 10.8. The van der Waals surface area contributed by atoms with Gasteiger partial charge in [0.2, 0.25) is 0 Å². The molecule has 2 aromatic carbocycles. The maximum atomic E-state index is 5.85. The summed E-state index contributed by atoms with van der Waals surface area (Å²) in [5.74, 6) is 1.89. The Morgan fingerprint density at radius 2 is 1.69 bits per heavy atom. The molecule has 0 amide bonds. The van der Waals surface area contributed by atoms with E-state index in [0.717, 1.165) is 35.1 Å². The molecule has 0 radical (unpaired) electrons. The molecular formula is C25H33IN4O2. The van der Waals surface area contributed by atoms with Gasteiger partial charge in [-0.3, -0.25) is 0 Å². The van der Waals surface area contributed by atoms with Gasteiger partial charge in [-0.25, -0.2) is 4.99 Å². The lowest BCUT2D eigenvalue weighted by atomic mass is 10.1. The standard InChI is InChI=1S/C25H32N4O2.HI/c1-4-26-25(28-16-23-14-24(19(2)3)29-31-23)27-15-21-11-8-12-22(13-21)18-30-17-20-9-6-5-7-10-20;/h5-14,19H,4,15-18H2,1-3H3,(H2,26,27,28);1H. The fourth-order valence-electron chi connectivity index (χ4n) is 3.05. The molecule has 0 aliphatic heterocycles. The third-order valence-corrected chi connectivity index (χ3v) is 4.73. The molecular weight excluding hydrogens is 515 g/mol. The summed E-state index contributed by atoms with van der Waals surface area (Å²) in [6.07, 6.45) is 0. The molecule has 0 bridgehead atoms. The highest BCUT2D eigenvalue weighted by Gasteiger charge is 2.08. The number of hydrogen-bond acceptors (Lipinski definition) is 4. The first-order chi connectivity index (χ1) is 15.1. The highest BCUT2D eigenvalue weighted by Crippen LogP contribution is 2.14. The predicted octanol–water partition coefficient (Wildman–Crippen LogP) is 5.39. The lowest BCUT2D eigenvalue weighted by Gasteiger charge is -2.10. The first-order valence-corrected chi connectivity index (χ1v) is 10.8. The maximum absolute atomic E-state index is 5.85. The van der Waals surface area contributed by atoms with Crippen molar-refractivity contribution in [3.05, 3.63) is 88.8 Å². The SMILES string of the molecule is CCNC(=NCc1cccc(COCc2ccccc2)c1)NCc1cc(C(C)C)no1.I. The number of nitrogens with one attached hydrogen (secondary N) is 2. The van der Waals surface area contributed by atoms with Gasteiger partial charge in [-0.1, -0.05) is 73.6 Å². The zero-order chi connectivity index (χ0) is 21.9. The third kappa shape index (κ3) is 8.63. The van der Waals surface area contributed by atoms with Gasteiger partial charge in [0.1, 0.15) is 0 Å². The Bertz CT molecular complexity index is 957. The lowest BCUT2D eigenvalue weighted by molar-refractivity contribution is 0.107. The van der Waals surface area contributed by atoms with Crippen molar-refractivity contribution in [1.82, 2.24) is 15.8 Å². The minimum atomic E-state index is 0. The Balaban J connectivity index is 0.00000363. The van der Waals surface area contributed by atoms with Gasteiger partial charge < -0.3 is 19.9 Å². The summed E-state index contributed by atoms with van der Waals surface area (Å²) in [6.45, 7) is 9.34. The van der Waals surface area contributed by atoms with Crippen LogP contribution in [0.3, 0.4) is 0 Å². The molecule has 0 atom stereocenters. The molecule has 0 spiro atoms. The second-order valence-electron chi connectivity index (χ2n) is 7.72. The fraction of sp³-hybridized carbons (Fsp3) is 0.360. The van der Waals surface area contributed by atoms with E-state index in [-0.39, 0.29) is 24.0 Å². The molecule has 3 aromatic rings. The average Bonchev–Trinajstić information content (AvgIpc) is 3.26. The van der Waals surface area contributed by atoms with Gasteiger partial charge in [-0.2, -0.15) is 0 Å². The van der Waals surface area contributed by atoms with E-state index in [2.05, 4.69) is 60.0 Å². The van der Waals surface area contributed by atoms with Crippen molar-refractivity contribution in [1.29, 1.82) is 0 Å². The molecule has 0 saturated heterocycles. The van der Waals surface area contributed by atoms with E-state index in [1.165, 1.54) is 5.56 Å². The molecule has 6 nitrogen and oxygen atoms in total. The molecule has 7 heteroatoms. The van der Waals surface area contributed by atoms with Gasteiger partial charge in [0.05, 0.1) is 32.0 Å². The number of halogens is 1. The van der Waals surface area contributed by atoms with Crippen molar-refractivity contribution >= 4 is 29.9 Å². The highest BCUT2D eigenvalue weighted by molar-refractivity contribution is 14.0. The van der Waals surface area contributed by atoms with E-state index < -0.39 is 0 Å². The Morgan fingerprint density at radius 1 is 0.969 bits per heavy atom. The molecule has 0 aliphatic carbocycles. The predicted molar refractivity (Wildman–Crippen MR) is 139 cm³/mol. The quantitative estimate of drug-likeness (QED) is 0.202. The number of aromatic nitrogens is 1. The third-order valence-electron chi connectivity index (χ3n) is 4.73. The second-order valence-corrected chi connectivity index (χ2v) is 7.72. The molecule has 0 fully saturated rings. The van der Waals surface area contributed by atoms with Crippen LogP contribution in [0.15, 0.2) is 70.2 Å². The number of hydrogen-bond donors (Lipinski definition) is 2. The molecule has 1 aromatic heterocycles. The normalized spacial score (nSPS) is 11.3. The van der Waals surface area contributed by atoms with Crippen LogP contribution in [0.4, 0.5) is 0 Å². The van der Waals surface area contributed by atoms with Gasteiger partial charge >= 0.3 is 0 Å². The smallest absolute Gasteiger partial charge is 0.191 e. The summed E-state index contributed by atoms with van der Waals surface area (Å²) in [5, 5.41) is 10.7. The van der Waals surface area contributed by atoms with Crippen LogP contribution in [-0.2, 0) is 31.0 Å². The maximum Gasteiger partial charge on any atom is 0.191 e. The Kier molecular flexibility index (Phi) is 11.2. The summed E-state index contributed by atoms with van der Waals surface area (Å²) < 4.78 is 11.2. The number of rotatable bonds is 10. The molecule has 0 aliphatic rings. The van der Waals surface area contributed by atoms with Crippen LogP contribution in [0.25, 0.3) is 0 Å². The monoisotopic (exact) mass is 548 g/mol. The van der Waals surface area contributed by atoms with Crippen LogP contribution in [-0.4, -0.2) is 17.7 Å². The van der Waals surface area contributed by atoms with Gasteiger partial charge in [-0.15, -0.1) is 24.0 Å². The van der Waals surface area contributed by atoms with Crippen molar-refractivity contribution < 1.29 is 9.26 Å². The van der Waals surface area contributed by atoms with Crippen LogP contribution in [0.5, 0.6) is 0 Å². The molecule has 3 rings (SSSR count).